The van der Waals surface area contributed by atoms with Crippen molar-refractivity contribution < 1.29 is 22.7 Å². The van der Waals surface area contributed by atoms with Crippen LogP contribution in [0, 0.1) is 0 Å². The van der Waals surface area contributed by atoms with Gasteiger partial charge in [-0.2, -0.15) is 13.2 Å². The van der Waals surface area contributed by atoms with Gasteiger partial charge in [0.25, 0.3) is 0 Å². The molecule has 1 saturated heterocycles. The van der Waals surface area contributed by atoms with Crippen LogP contribution in [-0.4, -0.2) is 29.1 Å². The second-order valence-corrected chi connectivity index (χ2v) is 6.77. The largest absolute Gasteiger partial charge is 0.458 e. The van der Waals surface area contributed by atoms with Gasteiger partial charge in [-0.1, -0.05) is 6.07 Å². The van der Waals surface area contributed by atoms with Crippen LogP contribution in [-0.2, 0) is 22.3 Å². The Morgan fingerprint density at radius 3 is 2.58 bits per heavy atom. The molecule has 0 aromatic carbocycles. The van der Waals surface area contributed by atoms with Crippen LogP contribution in [0.3, 0.4) is 0 Å². The molecule has 8 heteroatoms. The van der Waals surface area contributed by atoms with E-state index in [4.69, 9.17) is 10.5 Å². The van der Waals surface area contributed by atoms with E-state index < -0.39 is 29.5 Å². The van der Waals surface area contributed by atoms with Crippen LogP contribution >= 0.6 is 0 Å². The molecule has 0 aliphatic carbocycles. The van der Waals surface area contributed by atoms with E-state index >= 15 is 0 Å². The zero-order chi connectivity index (χ0) is 18.1. The normalized spacial score (nSPS) is 18.8. The number of hydrogen-bond donors (Lipinski definition) is 1. The molecule has 24 heavy (non-hydrogen) atoms. The summed E-state index contributed by atoms with van der Waals surface area (Å²) in [5, 5.41) is 0. The Balaban J connectivity index is 2.36. The summed E-state index contributed by atoms with van der Waals surface area (Å²) < 4.78 is 44.3. The third-order valence-corrected chi connectivity index (χ3v) is 3.67. The number of alkyl halides is 3. The number of anilines is 1. The maximum atomic E-state index is 13.0. The predicted molar refractivity (Wildman–Crippen MR) is 83.3 cm³/mol. The number of rotatable bonds is 3. The number of aromatic nitrogens is 1. The van der Waals surface area contributed by atoms with Crippen LogP contribution in [0.5, 0.6) is 0 Å². The highest BCUT2D eigenvalue weighted by atomic mass is 19.4. The lowest BCUT2D eigenvalue weighted by atomic mass is 10.1. The summed E-state index contributed by atoms with van der Waals surface area (Å²) in [6.07, 6.45) is -3.37. The van der Waals surface area contributed by atoms with Gasteiger partial charge in [0, 0.05) is 18.7 Å². The molecule has 0 saturated carbocycles. The highest BCUT2D eigenvalue weighted by molar-refractivity contribution is 5.81. The summed E-state index contributed by atoms with van der Waals surface area (Å²) in [6, 6.07) is 1.57. The minimum atomic E-state index is -4.55. The van der Waals surface area contributed by atoms with Crippen LogP contribution in [0.15, 0.2) is 12.1 Å². The number of esters is 1. The Kier molecular flexibility index (Phi) is 5.08. The highest BCUT2D eigenvalue weighted by Gasteiger charge is 2.38. The summed E-state index contributed by atoms with van der Waals surface area (Å²) >= 11 is 0. The first kappa shape index (κ1) is 18.5. The zero-order valence-electron chi connectivity index (χ0n) is 14.0. The lowest BCUT2D eigenvalue weighted by Crippen LogP contribution is -2.41. The van der Waals surface area contributed by atoms with E-state index in [1.54, 1.807) is 25.7 Å². The predicted octanol–water partition coefficient (Wildman–Crippen LogP) is 2.87. The van der Waals surface area contributed by atoms with Crippen molar-refractivity contribution in [1.82, 2.24) is 4.98 Å². The smallest absolute Gasteiger partial charge is 0.433 e. The van der Waals surface area contributed by atoms with Gasteiger partial charge < -0.3 is 15.4 Å². The van der Waals surface area contributed by atoms with Crippen LogP contribution in [0.4, 0.5) is 19.0 Å². The molecule has 1 atom stereocenters. The van der Waals surface area contributed by atoms with E-state index in [9.17, 15) is 18.0 Å². The van der Waals surface area contributed by atoms with E-state index in [1.165, 1.54) is 6.07 Å². The first-order valence-electron chi connectivity index (χ1n) is 7.79. The van der Waals surface area contributed by atoms with Crippen molar-refractivity contribution in [3.8, 4) is 0 Å². The van der Waals surface area contributed by atoms with Gasteiger partial charge in [-0.15, -0.1) is 0 Å². The summed E-state index contributed by atoms with van der Waals surface area (Å²) in [6.45, 7) is 5.72. The first-order chi connectivity index (χ1) is 11.0. The molecule has 0 amide bonds. The summed E-state index contributed by atoms with van der Waals surface area (Å²) in [5.74, 6) is -0.345. The molecule has 2 heterocycles. The van der Waals surface area contributed by atoms with E-state index in [1.807, 2.05) is 0 Å². The Bertz CT molecular complexity index is 612. The van der Waals surface area contributed by atoms with Gasteiger partial charge in [0.15, 0.2) is 0 Å². The molecule has 1 fully saturated rings. The summed E-state index contributed by atoms with van der Waals surface area (Å²) in [7, 11) is 0. The van der Waals surface area contributed by atoms with Crippen LogP contribution < -0.4 is 10.6 Å². The van der Waals surface area contributed by atoms with Crippen molar-refractivity contribution in [3.05, 3.63) is 23.4 Å². The minimum absolute atomic E-state index is 0.0397. The number of nitrogens with zero attached hydrogens (tertiary/aromatic N) is 2. The highest BCUT2D eigenvalue weighted by Crippen LogP contribution is 2.33. The molecular weight excluding hydrogens is 323 g/mol. The van der Waals surface area contributed by atoms with E-state index in [2.05, 4.69) is 4.98 Å². The fraction of sp³-hybridized carbons (Fsp3) is 0.625. The van der Waals surface area contributed by atoms with Gasteiger partial charge in [-0.3, -0.25) is 0 Å². The number of ether oxygens (including phenoxy) is 1. The molecule has 0 spiro atoms. The monoisotopic (exact) mass is 345 g/mol. The number of carbonyl (C=O) groups is 1. The Morgan fingerprint density at radius 2 is 2.04 bits per heavy atom. The third kappa shape index (κ3) is 4.17. The molecule has 134 valence electrons. The lowest BCUT2D eigenvalue weighted by molar-refractivity contribution is -0.156. The molecule has 2 N–H and O–H groups in total. The number of hydrogen-bond acceptors (Lipinski definition) is 5. The Morgan fingerprint density at radius 1 is 1.38 bits per heavy atom. The first-order valence-corrected chi connectivity index (χ1v) is 7.79. The van der Waals surface area contributed by atoms with Crippen molar-refractivity contribution >= 4 is 11.8 Å². The van der Waals surface area contributed by atoms with E-state index in [0.29, 0.717) is 24.9 Å². The second kappa shape index (κ2) is 6.58. The molecular formula is C16H22F3N3O2. The van der Waals surface area contributed by atoms with Gasteiger partial charge in [0.1, 0.15) is 23.2 Å². The van der Waals surface area contributed by atoms with Crippen molar-refractivity contribution in [2.75, 3.05) is 11.4 Å². The van der Waals surface area contributed by atoms with Crippen LogP contribution in [0.1, 0.15) is 44.9 Å². The fourth-order valence-electron chi connectivity index (χ4n) is 2.68. The number of halogens is 3. The average molecular weight is 345 g/mol. The molecule has 0 radical (unpaired) electrons. The lowest BCUT2D eigenvalue weighted by Gasteiger charge is -2.29. The number of pyridine rings is 1. The van der Waals surface area contributed by atoms with Crippen molar-refractivity contribution in [2.24, 2.45) is 5.73 Å². The zero-order valence-corrected chi connectivity index (χ0v) is 14.0. The molecule has 1 aliphatic heterocycles. The quantitative estimate of drug-likeness (QED) is 0.853. The van der Waals surface area contributed by atoms with Gasteiger partial charge in [-0.05, 0) is 39.7 Å². The van der Waals surface area contributed by atoms with Crippen LogP contribution in [0.25, 0.3) is 0 Å². The van der Waals surface area contributed by atoms with Crippen molar-refractivity contribution in [1.29, 1.82) is 0 Å². The number of carbonyl (C=O) groups excluding carboxylic acids is 1. The fourth-order valence-corrected chi connectivity index (χ4v) is 2.68. The topological polar surface area (TPSA) is 68.5 Å². The van der Waals surface area contributed by atoms with Gasteiger partial charge in [-0.25, -0.2) is 9.78 Å². The number of nitrogens with two attached hydrogens (primary N) is 1. The standard InChI is InChI=1S/C16H22F3N3O2/c1-15(2,3)24-14(23)11-5-4-8-22(11)13-10(9-20)6-7-12(21-13)16(17,18)19/h6-7,11H,4-5,8-9,20H2,1-3H3/t11-/m0/s1. The third-order valence-electron chi connectivity index (χ3n) is 3.67. The summed E-state index contributed by atoms with van der Waals surface area (Å²) in [4.78, 5) is 17.7. The van der Waals surface area contributed by atoms with Crippen LogP contribution in [0.2, 0.25) is 0 Å². The van der Waals surface area contributed by atoms with Crippen molar-refractivity contribution in [3.63, 3.8) is 0 Å². The second-order valence-electron chi connectivity index (χ2n) is 6.77. The molecule has 1 aromatic heterocycles. The SMILES string of the molecule is CC(C)(C)OC(=O)[C@@H]1CCCN1c1nc(C(F)(F)F)ccc1CN. The van der Waals surface area contributed by atoms with E-state index in [0.717, 1.165) is 6.07 Å². The molecule has 2 rings (SSSR count). The summed E-state index contributed by atoms with van der Waals surface area (Å²) in [5.41, 5.74) is 4.45. The molecule has 5 nitrogen and oxygen atoms in total. The molecule has 0 unspecified atom stereocenters. The van der Waals surface area contributed by atoms with E-state index in [-0.39, 0.29) is 12.4 Å². The maximum absolute atomic E-state index is 13.0. The molecule has 1 aromatic rings. The molecule has 1 aliphatic rings. The van der Waals surface area contributed by atoms with Gasteiger partial charge >= 0.3 is 12.1 Å². The Labute approximate surface area is 139 Å². The maximum Gasteiger partial charge on any atom is 0.433 e. The Hall–Kier alpha value is -1.83. The molecule has 0 bridgehead atoms. The minimum Gasteiger partial charge on any atom is -0.458 e. The van der Waals surface area contributed by atoms with Gasteiger partial charge in [0.2, 0.25) is 0 Å². The van der Waals surface area contributed by atoms with Crippen molar-refractivity contribution in [2.45, 2.75) is 58.0 Å². The van der Waals surface area contributed by atoms with Gasteiger partial charge in [0.05, 0.1) is 0 Å². The average Bonchev–Trinajstić information content (AvgIpc) is 2.93.